The van der Waals surface area contributed by atoms with Gasteiger partial charge in [0.1, 0.15) is 5.82 Å². The van der Waals surface area contributed by atoms with Crippen LogP contribution in [0.4, 0.5) is 4.39 Å². The fourth-order valence-electron chi connectivity index (χ4n) is 1.54. The molecular formula is C14H22FN3. The van der Waals surface area contributed by atoms with Gasteiger partial charge in [-0.3, -0.25) is 4.99 Å². The van der Waals surface area contributed by atoms with Gasteiger partial charge in [0.15, 0.2) is 5.96 Å². The van der Waals surface area contributed by atoms with Crippen molar-refractivity contribution in [3.63, 3.8) is 0 Å². The second-order valence-corrected chi connectivity index (χ2v) is 4.62. The van der Waals surface area contributed by atoms with Crippen molar-refractivity contribution >= 4 is 5.96 Å². The Balaban J connectivity index is 2.34. The Morgan fingerprint density at radius 3 is 2.61 bits per heavy atom. The first kappa shape index (κ1) is 14.5. The van der Waals surface area contributed by atoms with Crippen LogP contribution in [0.5, 0.6) is 0 Å². The van der Waals surface area contributed by atoms with Crippen molar-refractivity contribution in [2.45, 2.75) is 20.3 Å². The second-order valence-electron chi connectivity index (χ2n) is 4.62. The fourth-order valence-corrected chi connectivity index (χ4v) is 1.54. The number of halogens is 1. The van der Waals surface area contributed by atoms with Crippen molar-refractivity contribution in [3.05, 3.63) is 35.6 Å². The first-order valence-corrected chi connectivity index (χ1v) is 6.31. The molecule has 1 rings (SSSR count). The Kier molecular flexibility index (Phi) is 6.19. The minimum absolute atomic E-state index is 0.149. The molecule has 0 bridgehead atoms. The van der Waals surface area contributed by atoms with Crippen LogP contribution in [0.25, 0.3) is 0 Å². The number of guanidine groups is 1. The predicted molar refractivity (Wildman–Crippen MR) is 74.3 cm³/mol. The average molecular weight is 251 g/mol. The number of rotatable bonds is 5. The van der Waals surface area contributed by atoms with Crippen LogP contribution in [-0.4, -0.2) is 26.1 Å². The molecule has 0 aliphatic rings. The Morgan fingerprint density at radius 2 is 2.00 bits per heavy atom. The molecule has 18 heavy (non-hydrogen) atoms. The van der Waals surface area contributed by atoms with Crippen molar-refractivity contribution in [2.24, 2.45) is 10.9 Å². The van der Waals surface area contributed by atoms with E-state index in [-0.39, 0.29) is 5.82 Å². The summed E-state index contributed by atoms with van der Waals surface area (Å²) in [5, 5.41) is 6.39. The third-order valence-electron chi connectivity index (χ3n) is 2.55. The number of aliphatic imine (C=N–C) groups is 1. The summed E-state index contributed by atoms with van der Waals surface area (Å²) in [6.07, 6.45) is 0.648. The highest BCUT2D eigenvalue weighted by Crippen LogP contribution is 2.05. The highest BCUT2D eigenvalue weighted by molar-refractivity contribution is 5.79. The quantitative estimate of drug-likeness (QED) is 0.621. The monoisotopic (exact) mass is 251 g/mol. The van der Waals surface area contributed by atoms with Crippen molar-refractivity contribution in [2.75, 3.05) is 20.1 Å². The molecule has 0 atom stereocenters. The molecule has 3 nitrogen and oxygen atoms in total. The lowest BCUT2D eigenvalue weighted by Gasteiger charge is -2.13. The van der Waals surface area contributed by atoms with Gasteiger partial charge < -0.3 is 10.6 Å². The second kappa shape index (κ2) is 7.69. The largest absolute Gasteiger partial charge is 0.356 e. The number of nitrogens with one attached hydrogen (secondary N) is 2. The van der Waals surface area contributed by atoms with E-state index in [0.717, 1.165) is 18.1 Å². The minimum atomic E-state index is -0.149. The first-order valence-electron chi connectivity index (χ1n) is 6.31. The molecule has 100 valence electrons. The maximum Gasteiger partial charge on any atom is 0.190 e. The van der Waals surface area contributed by atoms with Gasteiger partial charge in [0.05, 0.1) is 0 Å². The molecule has 0 fully saturated rings. The lowest BCUT2D eigenvalue weighted by atomic mass is 10.1. The van der Waals surface area contributed by atoms with E-state index in [4.69, 9.17) is 0 Å². The van der Waals surface area contributed by atoms with Gasteiger partial charge in [0, 0.05) is 20.1 Å². The van der Waals surface area contributed by atoms with E-state index in [0.29, 0.717) is 18.9 Å². The van der Waals surface area contributed by atoms with E-state index < -0.39 is 0 Å². The zero-order valence-electron chi connectivity index (χ0n) is 11.3. The first-order chi connectivity index (χ1) is 8.63. The molecule has 2 N–H and O–H groups in total. The molecular weight excluding hydrogens is 229 g/mol. The Bertz CT molecular complexity index is 388. The average Bonchev–Trinajstić information content (AvgIpc) is 2.35. The van der Waals surface area contributed by atoms with Gasteiger partial charge in [0.25, 0.3) is 0 Å². The van der Waals surface area contributed by atoms with Gasteiger partial charge in [-0.05, 0) is 24.0 Å². The molecule has 0 heterocycles. The van der Waals surface area contributed by atoms with Crippen molar-refractivity contribution in [1.82, 2.24) is 10.6 Å². The molecule has 0 saturated heterocycles. The smallest absolute Gasteiger partial charge is 0.190 e. The topological polar surface area (TPSA) is 36.4 Å². The lowest BCUT2D eigenvalue weighted by Crippen LogP contribution is -2.39. The van der Waals surface area contributed by atoms with E-state index >= 15 is 0 Å². The van der Waals surface area contributed by atoms with Crippen LogP contribution < -0.4 is 10.6 Å². The molecule has 0 radical (unpaired) electrons. The van der Waals surface area contributed by atoms with Crippen molar-refractivity contribution in [3.8, 4) is 0 Å². The molecule has 0 saturated carbocycles. The molecule has 0 aromatic heterocycles. The van der Waals surface area contributed by atoms with Crippen LogP contribution in [0.2, 0.25) is 0 Å². The maximum atomic E-state index is 13.4. The SMILES string of the molecule is CN=C(NCCc1ccccc1F)NCC(C)C. The Hall–Kier alpha value is -1.58. The third-order valence-corrected chi connectivity index (χ3v) is 2.55. The Morgan fingerprint density at radius 1 is 1.28 bits per heavy atom. The van der Waals surface area contributed by atoms with Gasteiger partial charge in [-0.25, -0.2) is 4.39 Å². The highest BCUT2D eigenvalue weighted by Gasteiger charge is 2.02. The van der Waals surface area contributed by atoms with Crippen LogP contribution in [0.1, 0.15) is 19.4 Å². The van der Waals surface area contributed by atoms with Crippen molar-refractivity contribution < 1.29 is 4.39 Å². The maximum absolute atomic E-state index is 13.4. The summed E-state index contributed by atoms with van der Waals surface area (Å²) in [4.78, 5) is 4.11. The third kappa shape index (κ3) is 5.17. The summed E-state index contributed by atoms with van der Waals surface area (Å²) in [5.74, 6) is 1.18. The molecule has 4 heteroatoms. The van der Waals surface area contributed by atoms with Gasteiger partial charge in [-0.2, -0.15) is 0 Å². The van der Waals surface area contributed by atoms with Crippen molar-refractivity contribution in [1.29, 1.82) is 0 Å². The summed E-state index contributed by atoms with van der Waals surface area (Å²) in [5.41, 5.74) is 0.726. The molecule has 0 aliphatic carbocycles. The van der Waals surface area contributed by atoms with E-state index in [1.165, 1.54) is 6.07 Å². The normalized spacial score (nSPS) is 11.7. The highest BCUT2D eigenvalue weighted by atomic mass is 19.1. The lowest BCUT2D eigenvalue weighted by molar-refractivity contribution is 0.602. The van der Waals surface area contributed by atoms with Crippen LogP contribution in [0.3, 0.4) is 0 Å². The summed E-state index contributed by atoms with van der Waals surface area (Å²) in [6, 6.07) is 6.85. The summed E-state index contributed by atoms with van der Waals surface area (Å²) < 4.78 is 13.4. The molecule has 0 spiro atoms. The predicted octanol–water partition coefficient (Wildman–Crippen LogP) is 2.19. The van der Waals surface area contributed by atoms with Crippen LogP contribution >= 0.6 is 0 Å². The van der Waals surface area contributed by atoms with Gasteiger partial charge >= 0.3 is 0 Å². The van der Waals surface area contributed by atoms with Crippen LogP contribution in [0, 0.1) is 11.7 Å². The molecule has 0 aliphatic heterocycles. The van der Waals surface area contributed by atoms with Crippen LogP contribution in [0.15, 0.2) is 29.3 Å². The number of nitrogens with zero attached hydrogens (tertiary/aromatic N) is 1. The summed E-state index contributed by atoms with van der Waals surface area (Å²) in [7, 11) is 1.73. The zero-order valence-corrected chi connectivity index (χ0v) is 11.3. The van der Waals surface area contributed by atoms with E-state index in [1.54, 1.807) is 19.2 Å². The van der Waals surface area contributed by atoms with E-state index in [1.807, 2.05) is 6.07 Å². The van der Waals surface area contributed by atoms with Gasteiger partial charge in [0.2, 0.25) is 0 Å². The summed E-state index contributed by atoms with van der Waals surface area (Å²) >= 11 is 0. The number of hydrogen-bond acceptors (Lipinski definition) is 1. The van der Waals surface area contributed by atoms with Crippen LogP contribution in [-0.2, 0) is 6.42 Å². The summed E-state index contributed by atoms with van der Waals surface area (Å²) in [6.45, 7) is 5.82. The van der Waals surface area contributed by atoms with Gasteiger partial charge in [-0.1, -0.05) is 32.0 Å². The van der Waals surface area contributed by atoms with E-state index in [9.17, 15) is 4.39 Å². The van der Waals surface area contributed by atoms with E-state index in [2.05, 4.69) is 29.5 Å². The molecule has 0 unspecified atom stereocenters. The van der Waals surface area contributed by atoms with Gasteiger partial charge in [-0.15, -0.1) is 0 Å². The fraction of sp³-hybridized carbons (Fsp3) is 0.500. The number of hydrogen-bond donors (Lipinski definition) is 2. The molecule has 0 amide bonds. The zero-order chi connectivity index (χ0) is 13.4. The molecule has 1 aromatic rings. The standard InChI is InChI=1S/C14H22FN3/c1-11(2)10-18-14(16-3)17-9-8-12-6-4-5-7-13(12)15/h4-7,11H,8-10H2,1-3H3,(H2,16,17,18). The Labute approximate surface area is 109 Å². The number of benzene rings is 1. The molecule has 1 aromatic carbocycles. The minimum Gasteiger partial charge on any atom is -0.356 e.